The molecule has 1 aromatic heterocycles. The van der Waals surface area contributed by atoms with Gasteiger partial charge < -0.3 is 4.52 Å². The molecule has 0 atom stereocenters. The van der Waals surface area contributed by atoms with Crippen molar-refractivity contribution >= 4 is 0 Å². The number of alkyl halides is 3. The van der Waals surface area contributed by atoms with Crippen LogP contribution in [0.1, 0.15) is 11.7 Å². The van der Waals surface area contributed by atoms with E-state index in [-0.39, 0.29) is 12.3 Å². The van der Waals surface area contributed by atoms with Gasteiger partial charge in [0.15, 0.2) is 5.82 Å². The molecule has 0 fully saturated rings. The van der Waals surface area contributed by atoms with Gasteiger partial charge in [-0.05, 0) is 0 Å². The smallest absolute Gasteiger partial charge is 0.338 e. The minimum absolute atomic E-state index is 0.0956. The Bertz CT molecular complexity index is 325. The fourth-order valence-corrected chi connectivity index (χ4v) is 0.681. The first-order chi connectivity index (χ1) is 6.01. The molecule has 0 aliphatic heterocycles. The van der Waals surface area contributed by atoms with Crippen molar-refractivity contribution in [2.45, 2.75) is 19.0 Å². The molecule has 13 heavy (non-hydrogen) atoms. The Labute approximate surface area is 71.0 Å². The average Bonchev–Trinajstić information content (AvgIpc) is 2.33. The molecule has 70 valence electrons. The van der Waals surface area contributed by atoms with Crippen LogP contribution in [-0.4, -0.2) is 16.3 Å². The average molecular weight is 191 g/mol. The van der Waals surface area contributed by atoms with Crippen LogP contribution in [0.5, 0.6) is 0 Å². The van der Waals surface area contributed by atoms with Crippen LogP contribution >= 0.6 is 0 Å². The van der Waals surface area contributed by atoms with Crippen LogP contribution < -0.4 is 0 Å². The van der Waals surface area contributed by atoms with Crippen LogP contribution in [0.4, 0.5) is 13.2 Å². The van der Waals surface area contributed by atoms with E-state index in [0.29, 0.717) is 0 Å². The summed E-state index contributed by atoms with van der Waals surface area (Å²) in [7, 11) is 0. The zero-order valence-corrected chi connectivity index (χ0v) is 6.30. The second-order valence-corrected chi connectivity index (χ2v) is 2.23. The first-order valence-electron chi connectivity index (χ1n) is 3.26. The summed E-state index contributed by atoms with van der Waals surface area (Å²) in [5.74, 6) is -0.542. The van der Waals surface area contributed by atoms with Gasteiger partial charge >= 0.3 is 6.18 Å². The molecule has 0 saturated carbocycles. The summed E-state index contributed by atoms with van der Waals surface area (Å²) in [4.78, 5) is 3.37. The zero-order valence-electron chi connectivity index (χ0n) is 6.30. The molecule has 0 N–H and O–H groups in total. The Morgan fingerprint density at radius 2 is 2.15 bits per heavy atom. The molecule has 0 spiro atoms. The summed E-state index contributed by atoms with van der Waals surface area (Å²) in [5.41, 5.74) is 0. The summed E-state index contributed by atoms with van der Waals surface area (Å²) >= 11 is 0. The Kier molecular flexibility index (Phi) is 2.51. The molecular formula is C6H4F3N3O. The minimum atomic E-state index is -4.35. The number of aromatic nitrogens is 2. The first kappa shape index (κ1) is 9.51. The summed E-state index contributed by atoms with van der Waals surface area (Å²) in [5, 5.41) is 11.2. The van der Waals surface area contributed by atoms with Crippen molar-refractivity contribution in [3.8, 4) is 6.07 Å². The van der Waals surface area contributed by atoms with Crippen LogP contribution in [0.2, 0.25) is 0 Å². The van der Waals surface area contributed by atoms with Crippen molar-refractivity contribution in [2.75, 3.05) is 0 Å². The predicted molar refractivity (Wildman–Crippen MR) is 33.4 cm³/mol. The van der Waals surface area contributed by atoms with E-state index >= 15 is 0 Å². The molecule has 0 unspecified atom stereocenters. The normalized spacial score (nSPS) is 11.2. The number of halogens is 3. The SMILES string of the molecule is N#CCc1nc(CC(F)(F)F)no1. The third-order valence-corrected chi connectivity index (χ3v) is 1.10. The molecule has 1 heterocycles. The monoisotopic (exact) mass is 191 g/mol. The fraction of sp³-hybridized carbons (Fsp3) is 0.500. The van der Waals surface area contributed by atoms with Crippen LogP contribution in [0.15, 0.2) is 4.52 Å². The van der Waals surface area contributed by atoms with E-state index in [1.807, 2.05) is 0 Å². The standard InChI is InChI=1S/C6H4F3N3O/c7-6(8,9)3-4-11-5(1-2-10)13-12-4/h1,3H2. The molecule has 7 heteroatoms. The first-order valence-corrected chi connectivity index (χ1v) is 3.26. The van der Waals surface area contributed by atoms with E-state index in [0.717, 1.165) is 0 Å². The lowest BCUT2D eigenvalue weighted by Gasteiger charge is -1.99. The molecule has 0 aliphatic rings. The molecule has 0 radical (unpaired) electrons. The summed E-state index contributed by atoms with van der Waals surface area (Å²) in [6, 6.07) is 1.68. The maximum atomic E-state index is 11.7. The fourth-order valence-electron chi connectivity index (χ4n) is 0.681. The third-order valence-electron chi connectivity index (χ3n) is 1.10. The Morgan fingerprint density at radius 3 is 2.69 bits per heavy atom. The van der Waals surface area contributed by atoms with Gasteiger partial charge in [-0.3, -0.25) is 0 Å². The van der Waals surface area contributed by atoms with Crippen molar-refractivity contribution in [2.24, 2.45) is 0 Å². The van der Waals surface area contributed by atoms with Crippen LogP contribution in [-0.2, 0) is 12.8 Å². The van der Waals surface area contributed by atoms with Crippen LogP contribution in [0, 0.1) is 11.3 Å². The Balaban J connectivity index is 2.65. The molecule has 0 aromatic carbocycles. The van der Waals surface area contributed by atoms with E-state index in [1.54, 1.807) is 6.07 Å². The quantitative estimate of drug-likeness (QED) is 0.705. The zero-order chi connectivity index (χ0) is 9.90. The molecule has 4 nitrogen and oxygen atoms in total. The number of nitriles is 1. The molecule has 0 bridgehead atoms. The highest BCUT2D eigenvalue weighted by molar-refractivity contribution is 4.94. The van der Waals surface area contributed by atoms with E-state index < -0.39 is 18.4 Å². The van der Waals surface area contributed by atoms with Gasteiger partial charge in [-0.25, -0.2) is 0 Å². The minimum Gasteiger partial charge on any atom is -0.338 e. The molecule has 0 amide bonds. The van der Waals surface area contributed by atoms with Gasteiger partial charge in [0.1, 0.15) is 12.8 Å². The van der Waals surface area contributed by atoms with Crippen LogP contribution in [0.3, 0.4) is 0 Å². The highest BCUT2D eigenvalue weighted by Gasteiger charge is 2.30. The van der Waals surface area contributed by atoms with Crippen LogP contribution in [0.25, 0.3) is 0 Å². The summed E-state index contributed by atoms with van der Waals surface area (Å²) < 4.78 is 39.6. The van der Waals surface area contributed by atoms with Gasteiger partial charge in [-0.1, -0.05) is 5.16 Å². The van der Waals surface area contributed by atoms with Crippen molar-refractivity contribution < 1.29 is 17.7 Å². The number of nitrogens with zero attached hydrogens (tertiary/aromatic N) is 3. The number of rotatable bonds is 2. The van der Waals surface area contributed by atoms with E-state index in [9.17, 15) is 13.2 Å². The highest BCUT2D eigenvalue weighted by atomic mass is 19.4. The topological polar surface area (TPSA) is 62.7 Å². The van der Waals surface area contributed by atoms with Gasteiger partial charge in [-0.15, -0.1) is 0 Å². The number of hydrogen-bond donors (Lipinski definition) is 0. The van der Waals surface area contributed by atoms with Gasteiger partial charge in [0.25, 0.3) is 0 Å². The second-order valence-electron chi connectivity index (χ2n) is 2.23. The van der Waals surface area contributed by atoms with Crippen molar-refractivity contribution in [1.29, 1.82) is 5.26 Å². The predicted octanol–water partition coefficient (Wildman–Crippen LogP) is 1.24. The highest BCUT2D eigenvalue weighted by Crippen LogP contribution is 2.19. The van der Waals surface area contributed by atoms with E-state index in [4.69, 9.17) is 5.26 Å². The molecule has 1 rings (SSSR count). The maximum Gasteiger partial charge on any atom is 0.396 e. The molecular weight excluding hydrogens is 187 g/mol. The van der Waals surface area contributed by atoms with Gasteiger partial charge in [0, 0.05) is 0 Å². The maximum absolute atomic E-state index is 11.7. The lowest BCUT2D eigenvalue weighted by molar-refractivity contribution is -0.128. The summed E-state index contributed by atoms with van der Waals surface area (Å²) in [6.07, 6.45) is -5.76. The van der Waals surface area contributed by atoms with Crippen molar-refractivity contribution in [3.05, 3.63) is 11.7 Å². The van der Waals surface area contributed by atoms with Gasteiger partial charge in [0.2, 0.25) is 5.89 Å². The van der Waals surface area contributed by atoms with Crippen molar-refractivity contribution in [3.63, 3.8) is 0 Å². The third kappa shape index (κ3) is 3.11. The largest absolute Gasteiger partial charge is 0.396 e. The van der Waals surface area contributed by atoms with Gasteiger partial charge in [0.05, 0.1) is 6.07 Å². The lowest BCUT2D eigenvalue weighted by atomic mass is 10.4. The van der Waals surface area contributed by atoms with Crippen molar-refractivity contribution in [1.82, 2.24) is 10.1 Å². The molecule has 1 aromatic rings. The molecule has 0 saturated heterocycles. The van der Waals surface area contributed by atoms with E-state index in [1.165, 1.54) is 0 Å². The Morgan fingerprint density at radius 1 is 1.46 bits per heavy atom. The number of hydrogen-bond acceptors (Lipinski definition) is 4. The molecule has 0 aliphatic carbocycles. The van der Waals surface area contributed by atoms with Gasteiger partial charge in [-0.2, -0.15) is 23.4 Å². The lowest BCUT2D eigenvalue weighted by Crippen LogP contribution is -2.12. The second kappa shape index (κ2) is 3.43. The Hall–Kier alpha value is -1.58. The summed E-state index contributed by atoms with van der Waals surface area (Å²) in [6.45, 7) is 0. The van der Waals surface area contributed by atoms with E-state index in [2.05, 4.69) is 14.7 Å².